The van der Waals surface area contributed by atoms with Gasteiger partial charge in [-0.1, -0.05) is 6.07 Å². The third-order valence-electron chi connectivity index (χ3n) is 5.69. The minimum Gasteiger partial charge on any atom is -0.439 e. The van der Waals surface area contributed by atoms with E-state index < -0.39 is 0 Å². The van der Waals surface area contributed by atoms with Crippen molar-refractivity contribution in [2.75, 3.05) is 31.6 Å². The van der Waals surface area contributed by atoms with Crippen LogP contribution < -0.4 is 15.0 Å². The van der Waals surface area contributed by atoms with Crippen LogP contribution in [0.15, 0.2) is 53.9 Å². The highest BCUT2D eigenvalue weighted by atomic mass is 16.5. The van der Waals surface area contributed by atoms with Crippen LogP contribution in [0.3, 0.4) is 0 Å². The van der Waals surface area contributed by atoms with Crippen LogP contribution in [0.5, 0.6) is 11.6 Å². The molecule has 1 aliphatic rings. The number of ether oxygens (including phenoxy) is 1. The van der Waals surface area contributed by atoms with E-state index in [-0.39, 0.29) is 12.5 Å². The maximum Gasteiger partial charge on any atom is 0.246 e. The Morgan fingerprint density at radius 1 is 1.18 bits per heavy atom. The number of carbonyl (C=O) groups is 1. The molecule has 1 aliphatic heterocycles. The third kappa shape index (κ3) is 5.31. The quantitative estimate of drug-likeness (QED) is 0.478. The van der Waals surface area contributed by atoms with Crippen molar-refractivity contribution in [3.8, 4) is 11.6 Å². The van der Waals surface area contributed by atoms with Gasteiger partial charge in [0.15, 0.2) is 5.96 Å². The molecule has 0 atom stereocenters. The first-order valence-electron chi connectivity index (χ1n) is 10.9. The van der Waals surface area contributed by atoms with Crippen molar-refractivity contribution in [1.82, 2.24) is 25.0 Å². The van der Waals surface area contributed by atoms with Gasteiger partial charge in [-0.25, -0.2) is 4.98 Å². The average molecular weight is 448 g/mol. The second-order valence-electron chi connectivity index (χ2n) is 8.09. The van der Waals surface area contributed by atoms with Crippen molar-refractivity contribution in [3.05, 3.63) is 65.6 Å². The Morgan fingerprint density at radius 3 is 2.73 bits per heavy atom. The summed E-state index contributed by atoms with van der Waals surface area (Å²) in [6.45, 7) is 6.18. The van der Waals surface area contributed by atoms with E-state index in [0.717, 1.165) is 17.0 Å². The number of anilines is 1. The second kappa shape index (κ2) is 9.72. The lowest BCUT2D eigenvalue weighted by Gasteiger charge is -2.35. The van der Waals surface area contributed by atoms with E-state index in [1.165, 1.54) is 11.1 Å². The van der Waals surface area contributed by atoms with Crippen LogP contribution in [0.25, 0.3) is 0 Å². The Bertz CT molecular complexity index is 1170. The van der Waals surface area contributed by atoms with Crippen molar-refractivity contribution in [1.29, 1.82) is 0 Å². The summed E-state index contributed by atoms with van der Waals surface area (Å²) in [6, 6.07) is 9.82. The van der Waals surface area contributed by atoms with E-state index in [4.69, 9.17) is 4.74 Å². The van der Waals surface area contributed by atoms with Crippen LogP contribution in [0.1, 0.15) is 16.7 Å². The molecule has 1 saturated heterocycles. The van der Waals surface area contributed by atoms with Crippen molar-refractivity contribution in [2.45, 2.75) is 20.4 Å². The Morgan fingerprint density at radius 2 is 2.03 bits per heavy atom. The fourth-order valence-corrected chi connectivity index (χ4v) is 3.70. The van der Waals surface area contributed by atoms with Gasteiger partial charge < -0.3 is 19.9 Å². The number of aryl methyl sites for hydroxylation is 3. The minimum atomic E-state index is 0.0187. The van der Waals surface area contributed by atoms with Gasteiger partial charge in [0, 0.05) is 52.2 Å². The SMILES string of the molecule is CN=C(NCc1ccnc(Oc2ccc(C)c(C)c2)c1)N1CCN(c2cnn(C)c2)C(=O)C1. The molecule has 3 aromatic rings. The summed E-state index contributed by atoms with van der Waals surface area (Å²) < 4.78 is 7.63. The van der Waals surface area contributed by atoms with Crippen LogP contribution in [0.4, 0.5) is 5.69 Å². The molecule has 1 amide bonds. The van der Waals surface area contributed by atoms with E-state index in [9.17, 15) is 4.79 Å². The average Bonchev–Trinajstić information content (AvgIpc) is 3.23. The number of amides is 1. The number of nitrogens with zero attached hydrogens (tertiary/aromatic N) is 6. The zero-order chi connectivity index (χ0) is 23.4. The number of guanidine groups is 1. The summed E-state index contributed by atoms with van der Waals surface area (Å²) in [5, 5.41) is 7.51. The molecule has 2 aromatic heterocycles. The summed E-state index contributed by atoms with van der Waals surface area (Å²) in [4.78, 5) is 25.1. The molecule has 0 unspecified atom stereocenters. The largest absolute Gasteiger partial charge is 0.439 e. The molecule has 9 heteroatoms. The predicted molar refractivity (Wildman–Crippen MR) is 128 cm³/mol. The van der Waals surface area contributed by atoms with Crippen LogP contribution in [0, 0.1) is 13.8 Å². The van der Waals surface area contributed by atoms with Crippen LogP contribution >= 0.6 is 0 Å². The summed E-state index contributed by atoms with van der Waals surface area (Å²) in [5.41, 5.74) is 4.22. The predicted octanol–water partition coefficient (Wildman–Crippen LogP) is 2.65. The Balaban J connectivity index is 1.35. The third-order valence-corrected chi connectivity index (χ3v) is 5.69. The Hall–Kier alpha value is -3.88. The van der Waals surface area contributed by atoms with Gasteiger partial charge in [-0.05, 0) is 48.7 Å². The molecule has 1 N–H and O–H groups in total. The molecule has 1 aromatic carbocycles. The van der Waals surface area contributed by atoms with Gasteiger partial charge in [-0.2, -0.15) is 5.10 Å². The molecule has 3 heterocycles. The van der Waals surface area contributed by atoms with Gasteiger partial charge >= 0.3 is 0 Å². The standard InChI is InChI=1S/C24H29N7O2/c1-17-5-6-21(11-18(17)2)33-22-12-19(7-8-26-22)13-27-24(25-3)30-9-10-31(23(32)16-30)20-14-28-29(4)15-20/h5-8,11-12,14-15H,9-10,13,16H2,1-4H3,(H,25,27). The van der Waals surface area contributed by atoms with E-state index in [0.29, 0.717) is 31.5 Å². The van der Waals surface area contributed by atoms with E-state index >= 15 is 0 Å². The first-order valence-corrected chi connectivity index (χ1v) is 10.9. The molecule has 0 saturated carbocycles. The van der Waals surface area contributed by atoms with Crippen LogP contribution in [0.2, 0.25) is 0 Å². The lowest BCUT2D eigenvalue weighted by atomic mass is 10.1. The lowest BCUT2D eigenvalue weighted by Crippen LogP contribution is -2.55. The number of hydrogen-bond donors (Lipinski definition) is 1. The first-order chi connectivity index (χ1) is 15.9. The number of pyridine rings is 1. The summed E-state index contributed by atoms with van der Waals surface area (Å²) >= 11 is 0. The second-order valence-corrected chi connectivity index (χ2v) is 8.09. The zero-order valence-corrected chi connectivity index (χ0v) is 19.4. The van der Waals surface area contributed by atoms with Gasteiger partial charge in [0.05, 0.1) is 11.9 Å². The molecule has 0 aliphatic carbocycles. The maximum absolute atomic E-state index is 12.7. The smallest absolute Gasteiger partial charge is 0.246 e. The molecule has 0 spiro atoms. The van der Waals surface area contributed by atoms with Crippen molar-refractivity contribution in [3.63, 3.8) is 0 Å². The fraction of sp³-hybridized carbons (Fsp3) is 0.333. The topological polar surface area (TPSA) is 87.9 Å². The molecule has 1 fully saturated rings. The normalized spacial score (nSPS) is 14.5. The zero-order valence-electron chi connectivity index (χ0n) is 19.4. The number of aromatic nitrogens is 3. The number of aliphatic imine (C=N–C) groups is 1. The molecule has 0 radical (unpaired) electrons. The fourth-order valence-electron chi connectivity index (χ4n) is 3.70. The van der Waals surface area contributed by atoms with E-state index in [2.05, 4.69) is 34.2 Å². The maximum atomic E-state index is 12.7. The highest BCUT2D eigenvalue weighted by Gasteiger charge is 2.27. The van der Waals surface area contributed by atoms with Crippen LogP contribution in [-0.2, 0) is 18.4 Å². The van der Waals surface area contributed by atoms with Gasteiger partial charge in [-0.15, -0.1) is 0 Å². The van der Waals surface area contributed by atoms with Gasteiger partial charge in [0.2, 0.25) is 11.8 Å². The highest BCUT2D eigenvalue weighted by molar-refractivity contribution is 5.98. The number of carbonyl (C=O) groups excluding carboxylic acids is 1. The van der Waals surface area contributed by atoms with Crippen molar-refractivity contribution < 1.29 is 9.53 Å². The molecular weight excluding hydrogens is 418 g/mol. The van der Waals surface area contributed by atoms with Crippen molar-refractivity contribution >= 4 is 17.6 Å². The van der Waals surface area contributed by atoms with Crippen molar-refractivity contribution in [2.24, 2.45) is 12.0 Å². The Labute approximate surface area is 193 Å². The summed E-state index contributed by atoms with van der Waals surface area (Å²) in [7, 11) is 3.56. The molecule has 33 heavy (non-hydrogen) atoms. The minimum absolute atomic E-state index is 0.0187. The molecule has 4 rings (SSSR count). The number of rotatable bonds is 5. The molecule has 0 bridgehead atoms. The summed E-state index contributed by atoms with van der Waals surface area (Å²) in [5.74, 6) is 2.00. The molecule has 9 nitrogen and oxygen atoms in total. The lowest BCUT2D eigenvalue weighted by molar-refractivity contribution is -0.120. The first kappa shape index (κ1) is 22.3. The van der Waals surface area contributed by atoms with Gasteiger partial charge in [0.1, 0.15) is 12.3 Å². The number of nitrogens with one attached hydrogen (secondary N) is 1. The van der Waals surface area contributed by atoms with E-state index in [1.54, 1.807) is 29.0 Å². The summed E-state index contributed by atoms with van der Waals surface area (Å²) in [6.07, 6.45) is 5.29. The number of piperazine rings is 1. The van der Waals surface area contributed by atoms with Crippen LogP contribution in [-0.4, -0.2) is 58.2 Å². The van der Waals surface area contributed by atoms with Gasteiger partial charge in [0.25, 0.3) is 0 Å². The number of benzene rings is 1. The van der Waals surface area contributed by atoms with Gasteiger partial charge in [-0.3, -0.25) is 14.5 Å². The molecule has 172 valence electrons. The molecular formula is C24H29N7O2. The monoisotopic (exact) mass is 447 g/mol. The van der Waals surface area contributed by atoms with E-state index in [1.807, 2.05) is 48.5 Å². The Kier molecular flexibility index (Phi) is 6.58. The highest BCUT2D eigenvalue weighted by Crippen LogP contribution is 2.23. The number of hydrogen-bond acceptors (Lipinski definition) is 5.